The fourth-order valence-electron chi connectivity index (χ4n) is 2.80. The van der Waals surface area contributed by atoms with Crippen molar-refractivity contribution in [1.82, 2.24) is 9.88 Å². The quantitative estimate of drug-likeness (QED) is 0.549. The lowest BCUT2D eigenvalue weighted by atomic mass is 10.1. The summed E-state index contributed by atoms with van der Waals surface area (Å²) in [7, 11) is 0. The predicted octanol–water partition coefficient (Wildman–Crippen LogP) is 5.68. The molecule has 0 unspecified atom stereocenters. The molecule has 0 saturated heterocycles. The second-order valence-corrected chi connectivity index (χ2v) is 8.01. The van der Waals surface area contributed by atoms with Crippen LogP contribution < -0.4 is 0 Å². The maximum atomic E-state index is 12.4. The van der Waals surface area contributed by atoms with Gasteiger partial charge >= 0.3 is 10.1 Å². The van der Waals surface area contributed by atoms with Gasteiger partial charge in [0, 0.05) is 30.2 Å². The molecule has 0 aliphatic heterocycles. The van der Waals surface area contributed by atoms with Crippen molar-refractivity contribution in [2.75, 3.05) is 6.54 Å². The average Bonchev–Trinajstić information content (AvgIpc) is 3.01. The Hall–Kier alpha value is -1.88. The van der Waals surface area contributed by atoms with Crippen LogP contribution in [0.5, 0.6) is 0 Å². The van der Waals surface area contributed by atoms with Crippen LogP contribution in [0, 0.1) is 0 Å². The Labute approximate surface area is 166 Å². The number of nitrogens with one attached hydrogen (secondary N) is 1. The Kier molecular flexibility index (Phi) is 5.97. The molecule has 0 saturated carbocycles. The number of hydrogen-bond acceptors (Lipinski definition) is 2. The smallest absolute Gasteiger partial charge is 0.398 e. The van der Waals surface area contributed by atoms with Crippen LogP contribution in [0.25, 0.3) is 10.9 Å². The van der Waals surface area contributed by atoms with Gasteiger partial charge in [0.15, 0.2) is 0 Å². The van der Waals surface area contributed by atoms with Crippen molar-refractivity contribution in [1.29, 1.82) is 0 Å². The Balaban J connectivity index is 1.75. The highest BCUT2D eigenvalue weighted by Crippen LogP contribution is 2.28. The van der Waals surface area contributed by atoms with E-state index in [-0.39, 0.29) is 0 Å². The third kappa shape index (κ3) is 5.07. The molecule has 1 heterocycles. The number of amides is 1. The number of carbonyl (C=O) groups is 1. The zero-order chi connectivity index (χ0) is 18.6. The molecule has 3 aromatic rings. The molecule has 1 N–H and O–H groups in total. The van der Waals surface area contributed by atoms with Crippen LogP contribution in [-0.4, -0.2) is 26.5 Å². The maximum absolute atomic E-state index is 12.4. The highest BCUT2D eigenvalue weighted by atomic mass is 35.6. The predicted molar refractivity (Wildman–Crippen MR) is 106 cm³/mol. The first kappa shape index (κ1) is 18.9. The molecular formula is C19H17Cl3N2O2. The number of fused-ring (bicyclic) bond motifs is 1. The van der Waals surface area contributed by atoms with Gasteiger partial charge in [-0.3, -0.25) is 0 Å². The number of aromatic amines is 1. The summed E-state index contributed by atoms with van der Waals surface area (Å²) in [6, 6.07) is 17.6. The van der Waals surface area contributed by atoms with Gasteiger partial charge in [0.2, 0.25) is 0 Å². The number of hydrogen-bond donors (Lipinski definition) is 1. The fraction of sp³-hybridized carbons (Fsp3) is 0.211. The summed E-state index contributed by atoms with van der Waals surface area (Å²) >= 11 is 16.8. The van der Waals surface area contributed by atoms with E-state index in [1.165, 1.54) is 4.90 Å². The summed E-state index contributed by atoms with van der Waals surface area (Å²) in [5, 5.41) is 1.13. The van der Waals surface area contributed by atoms with E-state index in [0.717, 1.165) is 22.0 Å². The number of aromatic nitrogens is 1. The normalized spacial score (nSPS) is 11.5. The number of halogens is 3. The van der Waals surface area contributed by atoms with Gasteiger partial charge in [-0.05, 0) is 58.4 Å². The maximum Gasteiger partial charge on any atom is 0.413 e. The van der Waals surface area contributed by atoms with Crippen LogP contribution in [0.3, 0.4) is 0 Å². The van der Waals surface area contributed by atoms with E-state index in [4.69, 9.17) is 39.5 Å². The summed E-state index contributed by atoms with van der Waals surface area (Å²) in [5.74, 6) is 0. The van der Waals surface area contributed by atoms with Gasteiger partial charge in [-0.25, -0.2) is 4.79 Å². The molecule has 26 heavy (non-hydrogen) atoms. The average molecular weight is 412 g/mol. The van der Waals surface area contributed by atoms with Gasteiger partial charge in [-0.1, -0.05) is 48.5 Å². The van der Waals surface area contributed by atoms with Gasteiger partial charge < -0.3 is 14.6 Å². The number of alkyl halides is 3. The molecule has 1 amide bonds. The first-order chi connectivity index (χ1) is 12.4. The van der Waals surface area contributed by atoms with Gasteiger partial charge in [-0.15, -0.1) is 0 Å². The second kappa shape index (κ2) is 8.21. The molecule has 0 spiro atoms. The molecule has 0 radical (unpaired) electrons. The van der Waals surface area contributed by atoms with Crippen molar-refractivity contribution in [3.05, 3.63) is 71.9 Å². The first-order valence-corrected chi connectivity index (χ1v) is 9.19. The van der Waals surface area contributed by atoms with E-state index in [0.29, 0.717) is 19.5 Å². The minimum Gasteiger partial charge on any atom is -0.398 e. The number of benzene rings is 2. The lowest BCUT2D eigenvalue weighted by Crippen LogP contribution is -2.35. The topological polar surface area (TPSA) is 45.3 Å². The molecule has 136 valence electrons. The lowest BCUT2D eigenvalue weighted by molar-refractivity contribution is 0.0979. The van der Waals surface area contributed by atoms with E-state index in [1.807, 2.05) is 60.8 Å². The van der Waals surface area contributed by atoms with Crippen LogP contribution in [-0.2, 0) is 17.7 Å². The van der Waals surface area contributed by atoms with Gasteiger partial charge in [0.1, 0.15) is 0 Å². The van der Waals surface area contributed by atoms with E-state index in [2.05, 4.69) is 4.98 Å². The van der Waals surface area contributed by atoms with E-state index >= 15 is 0 Å². The molecule has 0 aliphatic carbocycles. The summed E-state index contributed by atoms with van der Waals surface area (Å²) in [5.41, 5.74) is 3.13. The first-order valence-electron chi connectivity index (χ1n) is 8.06. The third-order valence-electron chi connectivity index (χ3n) is 4.00. The van der Waals surface area contributed by atoms with Gasteiger partial charge in [0.05, 0.1) is 0 Å². The largest absolute Gasteiger partial charge is 0.413 e. The van der Waals surface area contributed by atoms with Crippen LogP contribution in [0.15, 0.2) is 60.8 Å². The number of carbonyl (C=O) groups excluding carboxylic acids is 1. The van der Waals surface area contributed by atoms with Crippen molar-refractivity contribution in [3.8, 4) is 0 Å². The SMILES string of the molecule is O=C(OC(Cl)(Cl)Cl)N(CCc1c[nH]c2ccccc12)Cc1ccccc1. The molecule has 2 aromatic carbocycles. The summed E-state index contributed by atoms with van der Waals surface area (Å²) in [6.07, 6.45) is 1.92. The van der Waals surface area contributed by atoms with E-state index in [1.54, 1.807) is 0 Å². The lowest BCUT2D eigenvalue weighted by Gasteiger charge is -2.24. The number of nitrogens with zero attached hydrogens (tertiary/aromatic N) is 1. The van der Waals surface area contributed by atoms with Crippen molar-refractivity contribution in [2.24, 2.45) is 0 Å². The molecule has 0 bridgehead atoms. The van der Waals surface area contributed by atoms with E-state index < -0.39 is 10.1 Å². The molecule has 3 rings (SSSR count). The molecule has 1 aromatic heterocycles. The highest BCUT2D eigenvalue weighted by molar-refractivity contribution is 6.66. The molecule has 0 fully saturated rings. The summed E-state index contributed by atoms with van der Waals surface area (Å²) in [4.78, 5) is 17.2. The fourth-order valence-corrected chi connectivity index (χ4v) is 2.99. The van der Waals surface area contributed by atoms with Crippen molar-refractivity contribution in [2.45, 2.75) is 16.9 Å². The van der Waals surface area contributed by atoms with Crippen molar-refractivity contribution < 1.29 is 9.53 Å². The van der Waals surface area contributed by atoms with Gasteiger partial charge in [-0.2, -0.15) is 0 Å². The standard InChI is InChI=1S/C19H17Cl3N2O2/c20-19(21,22)26-18(25)24(13-14-6-2-1-3-7-14)11-10-15-12-23-17-9-5-4-8-16(15)17/h1-9,12,23H,10-11,13H2. The highest BCUT2D eigenvalue weighted by Gasteiger charge is 2.28. The van der Waals surface area contributed by atoms with Crippen LogP contribution in [0.1, 0.15) is 11.1 Å². The second-order valence-electron chi connectivity index (χ2n) is 5.83. The molecule has 7 heteroatoms. The number of H-pyrrole nitrogens is 1. The Morgan fingerprint density at radius 3 is 2.46 bits per heavy atom. The Morgan fingerprint density at radius 2 is 1.73 bits per heavy atom. The molecular weight excluding hydrogens is 395 g/mol. The van der Waals surface area contributed by atoms with Gasteiger partial charge in [0.25, 0.3) is 0 Å². The molecule has 4 nitrogen and oxygen atoms in total. The zero-order valence-corrected chi connectivity index (χ0v) is 16.1. The van der Waals surface area contributed by atoms with Crippen molar-refractivity contribution in [3.63, 3.8) is 0 Å². The molecule has 0 atom stereocenters. The molecule has 0 aliphatic rings. The van der Waals surface area contributed by atoms with Crippen LogP contribution in [0.4, 0.5) is 4.79 Å². The number of ether oxygens (including phenoxy) is 1. The monoisotopic (exact) mass is 410 g/mol. The zero-order valence-electron chi connectivity index (χ0n) is 13.8. The number of rotatable bonds is 5. The summed E-state index contributed by atoms with van der Waals surface area (Å²) < 4.78 is 2.81. The Morgan fingerprint density at radius 1 is 1.04 bits per heavy atom. The minimum absolute atomic E-state index is 0.364. The van der Waals surface area contributed by atoms with Crippen LogP contribution in [0.2, 0.25) is 0 Å². The van der Waals surface area contributed by atoms with Crippen LogP contribution >= 0.6 is 34.8 Å². The van der Waals surface area contributed by atoms with Crippen molar-refractivity contribution >= 4 is 51.8 Å². The summed E-state index contributed by atoms with van der Waals surface area (Å²) in [6.45, 7) is 0.791. The minimum atomic E-state index is -2.09. The Bertz CT molecular complexity index is 875. The number of para-hydroxylation sites is 1. The third-order valence-corrected chi connectivity index (χ3v) is 4.23. The van der Waals surface area contributed by atoms with E-state index in [9.17, 15) is 4.79 Å².